The van der Waals surface area contributed by atoms with Gasteiger partial charge in [-0.2, -0.15) is 4.39 Å². The lowest BCUT2D eigenvalue weighted by Crippen LogP contribution is -2.34. The van der Waals surface area contributed by atoms with Crippen molar-refractivity contribution in [3.63, 3.8) is 0 Å². The van der Waals surface area contributed by atoms with Crippen molar-refractivity contribution in [1.29, 1.82) is 0 Å². The van der Waals surface area contributed by atoms with E-state index >= 15 is 4.39 Å². The lowest BCUT2D eigenvalue weighted by Gasteiger charge is -2.37. The average Bonchev–Trinajstić information content (AvgIpc) is 2.40. The number of halogens is 2. The zero-order valence-corrected chi connectivity index (χ0v) is 11.3. The standard InChI is InChI=1S/C15H24F2O/c1-18-14(16)13(12-8-4-2-5-9-12)15(17)10-6-3-7-11-15/h12H,2-11H2,1H3. The van der Waals surface area contributed by atoms with Gasteiger partial charge in [0.1, 0.15) is 5.67 Å². The number of alkyl halides is 1. The molecule has 2 aliphatic carbocycles. The Morgan fingerprint density at radius 2 is 1.56 bits per heavy atom. The molecule has 0 aromatic carbocycles. The molecule has 0 heterocycles. The third-order valence-electron chi connectivity index (χ3n) is 4.53. The molecule has 0 spiro atoms. The highest BCUT2D eigenvalue weighted by molar-refractivity contribution is 5.22. The van der Waals surface area contributed by atoms with Gasteiger partial charge >= 0.3 is 0 Å². The van der Waals surface area contributed by atoms with Crippen LogP contribution in [0, 0.1) is 5.92 Å². The van der Waals surface area contributed by atoms with Crippen molar-refractivity contribution in [2.45, 2.75) is 69.9 Å². The van der Waals surface area contributed by atoms with Crippen molar-refractivity contribution < 1.29 is 13.5 Å². The van der Waals surface area contributed by atoms with Gasteiger partial charge in [0.25, 0.3) is 6.01 Å². The Labute approximate surface area is 109 Å². The minimum Gasteiger partial charge on any atom is -0.474 e. The van der Waals surface area contributed by atoms with Crippen LogP contribution in [0.1, 0.15) is 64.2 Å². The Kier molecular flexibility index (Phi) is 4.63. The second-order valence-electron chi connectivity index (χ2n) is 5.75. The predicted octanol–water partition coefficient (Wildman–Crippen LogP) is 5.07. The van der Waals surface area contributed by atoms with Crippen molar-refractivity contribution in [3.05, 3.63) is 11.6 Å². The predicted molar refractivity (Wildman–Crippen MR) is 68.6 cm³/mol. The molecule has 2 aliphatic rings. The van der Waals surface area contributed by atoms with Gasteiger partial charge in [-0.25, -0.2) is 4.39 Å². The van der Waals surface area contributed by atoms with Crippen LogP contribution >= 0.6 is 0 Å². The summed E-state index contributed by atoms with van der Waals surface area (Å²) >= 11 is 0. The first-order valence-electron chi connectivity index (χ1n) is 7.30. The number of hydrogen-bond acceptors (Lipinski definition) is 1. The van der Waals surface area contributed by atoms with Crippen molar-refractivity contribution in [2.24, 2.45) is 5.92 Å². The van der Waals surface area contributed by atoms with E-state index in [1.54, 1.807) is 0 Å². The lowest BCUT2D eigenvalue weighted by atomic mass is 9.72. The summed E-state index contributed by atoms with van der Waals surface area (Å²) in [4.78, 5) is 0. The molecule has 0 aromatic rings. The molecule has 0 bridgehead atoms. The summed E-state index contributed by atoms with van der Waals surface area (Å²) in [5.41, 5.74) is -1.09. The van der Waals surface area contributed by atoms with Crippen LogP contribution < -0.4 is 0 Å². The molecular formula is C15H24F2O. The Morgan fingerprint density at radius 1 is 1.00 bits per heavy atom. The highest BCUT2D eigenvalue weighted by Gasteiger charge is 2.42. The van der Waals surface area contributed by atoms with E-state index in [4.69, 9.17) is 4.74 Å². The molecule has 0 amide bonds. The molecule has 0 aliphatic heterocycles. The van der Waals surface area contributed by atoms with Crippen LogP contribution in [0.3, 0.4) is 0 Å². The fourth-order valence-electron chi connectivity index (χ4n) is 3.59. The number of rotatable bonds is 3. The smallest absolute Gasteiger partial charge is 0.275 e. The highest BCUT2D eigenvalue weighted by Crippen LogP contribution is 2.46. The molecule has 0 radical (unpaired) electrons. The van der Waals surface area contributed by atoms with Crippen LogP contribution in [0.5, 0.6) is 0 Å². The van der Waals surface area contributed by atoms with Gasteiger partial charge in [-0.15, -0.1) is 0 Å². The summed E-state index contributed by atoms with van der Waals surface area (Å²) in [5, 5.41) is 0. The number of methoxy groups -OCH3 is 1. The number of hydrogen-bond donors (Lipinski definition) is 0. The fourth-order valence-corrected chi connectivity index (χ4v) is 3.59. The fraction of sp³-hybridized carbons (Fsp3) is 0.867. The minimum absolute atomic E-state index is 0.0572. The van der Waals surface area contributed by atoms with Crippen LogP contribution in [-0.4, -0.2) is 12.8 Å². The van der Waals surface area contributed by atoms with E-state index in [2.05, 4.69) is 0 Å². The van der Waals surface area contributed by atoms with Gasteiger partial charge in [-0.3, -0.25) is 0 Å². The van der Waals surface area contributed by atoms with E-state index < -0.39 is 11.7 Å². The van der Waals surface area contributed by atoms with Crippen LogP contribution in [0.15, 0.2) is 11.6 Å². The van der Waals surface area contributed by atoms with E-state index in [0.717, 1.165) is 44.9 Å². The zero-order chi connectivity index (χ0) is 13.0. The lowest BCUT2D eigenvalue weighted by molar-refractivity contribution is 0.0995. The molecule has 18 heavy (non-hydrogen) atoms. The first-order chi connectivity index (χ1) is 8.67. The summed E-state index contributed by atoms with van der Waals surface area (Å²) < 4.78 is 33.9. The molecule has 0 unspecified atom stereocenters. The first kappa shape index (κ1) is 13.8. The largest absolute Gasteiger partial charge is 0.474 e. The number of ether oxygens (including phenoxy) is 1. The third-order valence-corrected chi connectivity index (χ3v) is 4.53. The van der Waals surface area contributed by atoms with Gasteiger partial charge in [0.2, 0.25) is 0 Å². The molecule has 2 rings (SSSR count). The molecule has 3 heteroatoms. The molecule has 0 N–H and O–H groups in total. The first-order valence-corrected chi connectivity index (χ1v) is 7.30. The monoisotopic (exact) mass is 258 g/mol. The highest BCUT2D eigenvalue weighted by atomic mass is 19.2. The summed E-state index contributed by atoms with van der Waals surface area (Å²) in [5.74, 6) is 0.0572. The topological polar surface area (TPSA) is 9.23 Å². The van der Waals surface area contributed by atoms with Crippen molar-refractivity contribution >= 4 is 0 Å². The molecule has 104 valence electrons. The molecule has 0 atom stereocenters. The zero-order valence-electron chi connectivity index (χ0n) is 11.3. The van der Waals surface area contributed by atoms with Gasteiger partial charge in [-0.1, -0.05) is 25.7 Å². The SMILES string of the molecule is COC(F)=C(C1CCCCC1)C1(F)CCCCC1. The van der Waals surface area contributed by atoms with Crippen LogP contribution in [0.4, 0.5) is 8.78 Å². The summed E-state index contributed by atoms with van der Waals surface area (Å²) in [7, 11) is 1.31. The van der Waals surface area contributed by atoms with Gasteiger partial charge in [0.05, 0.1) is 7.11 Å². The Balaban J connectivity index is 2.24. The third kappa shape index (κ3) is 2.86. The summed E-state index contributed by atoms with van der Waals surface area (Å²) in [6.07, 6.45) is 8.92. The average molecular weight is 258 g/mol. The second kappa shape index (κ2) is 6.03. The normalized spacial score (nSPS) is 26.6. The molecule has 0 saturated heterocycles. The molecule has 2 saturated carbocycles. The van der Waals surface area contributed by atoms with Crippen LogP contribution in [0.25, 0.3) is 0 Å². The van der Waals surface area contributed by atoms with Crippen LogP contribution in [0.2, 0.25) is 0 Å². The maximum atomic E-state index is 15.1. The van der Waals surface area contributed by atoms with E-state index in [1.165, 1.54) is 13.5 Å². The van der Waals surface area contributed by atoms with Gasteiger partial charge in [0.15, 0.2) is 0 Å². The van der Waals surface area contributed by atoms with Crippen molar-refractivity contribution in [3.8, 4) is 0 Å². The summed E-state index contributed by atoms with van der Waals surface area (Å²) in [6.45, 7) is 0. The van der Waals surface area contributed by atoms with Gasteiger partial charge in [0, 0.05) is 5.57 Å². The molecule has 0 aromatic heterocycles. The second-order valence-corrected chi connectivity index (χ2v) is 5.75. The van der Waals surface area contributed by atoms with E-state index in [0.29, 0.717) is 18.4 Å². The van der Waals surface area contributed by atoms with Crippen LogP contribution in [-0.2, 0) is 4.74 Å². The van der Waals surface area contributed by atoms with E-state index in [9.17, 15) is 4.39 Å². The quantitative estimate of drug-likeness (QED) is 0.642. The van der Waals surface area contributed by atoms with E-state index in [-0.39, 0.29) is 5.92 Å². The van der Waals surface area contributed by atoms with Crippen molar-refractivity contribution in [1.82, 2.24) is 0 Å². The minimum atomic E-state index is -1.44. The Hall–Kier alpha value is -0.600. The van der Waals surface area contributed by atoms with Gasteiger partial charge < -0.3 is 4.74 Å². The van der Waals surface area contributed by atoms with E-state index in [1.807, 2.05) is 0 Å². The molecule has 1 nitrogen and oxygen atoms in total. The molecule has 2 fully saturated rings. The maximum absolute atomic E-state index is 15.1. The number of allylic oxidation sites excluding steroid dienone is 1. The van der Waals surface area contributed by atoms with Gasteiger partial charge in [-0.05, 0) is 44.4 Å². The maximum Gasteiger partial charge on any atom is 0.275 e. The molecular weight excluding hydrogens is 234 g/mol. The summed E-state index contributed by atoms with van der Waals surface area (Å²) in [6, 6.07) is -0.647. The Bertz CT molecular complexity index is 300. The van der Waals surface area contributed by atoms with Crippen molar-refractivity contribution in [2.75, 3.05) is 7.11 Å². The Morgan fingerprint density at radius 3 is 2.11 bits per heavy atom.